The van der Waals surface area contributed by atoms with E-state index in [1.165, 1.54) is 12.1 Å². The van der Waals surface area contributed by atoms with E-state index in [0.717, 1.165) is 37.1 Å². The zero-order valence-corrected chi connectivity index (χ0v) is 11.4. The average molecular weight is 264 g/mol. The number of hydrogen-bond donors (Lipinski definition) is 1. The Kier molecular flexibility index (Phi) is 7.60. The van der Waals surface area contributed by atoms with Crippen LogP contribution in [0.15, 0.2) is 18.2 Å². The van der Waals surface area contributed by atoms with Gasteiger partial charge in [-0.05, 0) is 44.0 Å². The Hall–Kier alpha value is -1.60. The Morgan fingerprint density at radius 1 is 1.37 bits per heavy atom. The summed E-state index contributed by atoms with van der Waals surface area (Å²) in [6.07, 6.45) is 3.27. The summed E-state index contributed by atoms with van der Waals surface area (Å²) in [6, 6.07) is 6.69. The molecule has 0 atom stereocenters. The first kappa shape index (κ1) is 15.5. The fourth-order valence-electron chi connectivity index (χ4n) is 1.72. The summed E-state index contributed by atoms with van der Waals surface area (Å²) < 4.78 is 18.9. The molecule has 1 N–H and O–H groups in total. The molecule has 4 heteroatoms. The quantitative estimate of drug-likeness (QED) is 0.695. The van der Waals surface area contributed by atoms with Crippen LogP contribution in [0, 0.1) is 17.1 Å². The molecule has 0 amide bonds. The van der Waals surface area contributed by atoms with Gasteiger partial charge in [0.2, 0.25) is 0 Å². The zero-order valence-electron chi connectivity index (χ0n) is 11.4. The van der Waals surface area contributed by atoms with Gasteiger partial charge in [-0.15, -0.1) is 0 Å². The fraction of sp³-hybridized carbons (Fsp3) is 0.533. The third kappa shape index (κ3) is 6.21. The Morgan fingerprint density at radius 2 is 2.21 bits per heavy atom. The van der Waals surface area contributed by atoms with Crippen molar-refractivity contribution in [2.45, 2.75) is 39.2 Å². The summed E-state index contributed by atoms with van der Waals surface area (Å²) in [5, 5.41) is 11.7. The molecule has 0 saturated carbocycles. The first-order valence-electron chi connectivity index (χ1n) is 6.76. The summed E-state index contributed by atoms with van der Waals surface area (Å²) in [5.41, 5.74) is 0.841. The second-order valence-electron chi connectivity index (χ2n) is 4.39. The van der Waals surface area contributed by atoms with E-state index in [1.54, 1.807) is 6.07 Å². The van der Waals surface area contributed by atoms with Crippen LogP contribution in [0.3, 0.4) is 0 Å². The SMILES string of the molecule is CCCNCc1cc(F)ccc1OCCCCC#N. The molecule has 1 aromatic carbocycles. The Labute approximate surface area is 114 Å². The molecule has 0 aromatic heterocycles. The number of nitriles is 1. The molecular formula is C15H21FN2O. The van der Waals surface area contributed by atoms with E-state index in [9.17, 15) is 4.39 Å². The molecule has 0 heterocycles. The molecule has 0 aliphatic carbocycles. The van der Waals surface area contributed by atoms with Gasteiger partial charge in [-0.25, -0.2) is 4.39 Å². The number of nitrogens with zero attached hydrogens (tertiary/aromatic N) is 1. The molecule has 3 nitrogen and oxygen atoms in total. The van der Waals surface area contributed by atoms with Gasteiger partial charge in [0.1, 0.15) is 11.6 Å². The highest BCUT2D eigenvalue weighted by molar-refractivity contribution is 5.33. The van der Waals surface area contributed by atoms with Crippen LogP contribution < -0.4 is 10.1 Å². The molecule has 1 rings (SSSR count). The predicted molar refractivity (Wildman–Crippen MR) is 73.4 cm³/mol. The summed E-state index contributed by atoms with van der Waals surface area (Å²) in [5.74, 6) is 0.479. The first-order chi connectivity index (χ1) is 9.27. The molecule has 0 aliphatic rings. The third-order valence-corrected chi connectivity index (χ3v) is 2.71. The maximum absolute atomic E-state index is 13.2. The molecule has 0 fully saturated rings. The van der Waals surface area contributed by atoms with E-state index in [2.05, 4.69) is 18.3 Å². The van der Waals surface area contributed by atoms with E-state index >= 15 is 0 Å². The van der Waals surface area contributed by atoms with Crippen molar-refractivity contribution in [3.8, 4) is 11.8 Å². The van der Waals surface area contributed by atoms with Crippen molar-refractivity contribution in [3.05, 3.63) is 29.6 Å². The Bertz CT molecular complexity index is 415. The molecule has 0 radical (unpaired) electrons. The number of benzene rings is 1. The smallest absolute Gasteiger partial charge is 0.123 e. The minimum absolute atomic E-state index is 0.245. The zero-order chi connectivity index (χ0) is 13.9. The van der Waals surface area contributed by atoms with E-state index in [4.69, 9.17) is 10.00 Å². The largest absolute Gasteiger partial charge is 0.493 e. The van der Waals surface area contributed by atoms with E-state index in [-0.39, 0.29) is 5.82 Å². The van der Waals surface area contributed by atoms with Crippen molar-refractivity contribution < 1.29 is 9.13 Å². The maximum atomic E-state index is 13.2. The Morgan fingerprint density at radius 3 is 2.95 bits per heavy atom. The van der Waals surface area contributed by atoms with Crippen LogP contribution in [-0.4, -0.2) is 13.2 Å². The number of rotatable bonds is 9. The molecule has 0 unspecified atom stereocenters. The highest BCUT2D eigenvalue weighted by Crippen LogP contribution is 2.20. The lowest BCUT2D eigenvalue weighted by atomic mass is 10.2. The molecule has 19 heavy (non-hydrogen) atoms. The molecular weight excluding hydrogens is 243 g/mol. The van der Waals surface area contributed by atoms with Gasteiger partial charge >= 0.3 is 0 Å². The maximum Gasteiger partial charge on any atom is 0.123 e. The Balaban J connectivity index is 2.48. The third-order valence-electron chi connectivity index (χ3n) is 2.71. The van der Waals surface area contributed by atoms with Crippen molar-refractivity contribution in [1.29, 1.82) is 5.26 Å². The van der Waals surface area contributed by atoms with Gasteiger partial charge in [0.05, 0.1) is 12.7 Å². The number of hydrogen-bond acceptors (Lipinski definition) is 3. The van der Waals surface area contributed by atoms with Crippen molar-refractivity contribution in [2.75, 3.05) is 13.2 Å². The minimum atomic E-state index is -0.245. The topological polar surface area (TPSA) is 45.0 Å². The molecule has 0 aliphatic heterocycles. The van der Waals surface area contributed by atoms with Crippen LogP contribution >= 0.6 is 0 Å². The predicted octanol–water partition coefficient (Wildman–Crippen LogP) is 3.40. The highest BCUT2D eigenvalue weighted by atomic mass is 19.1. The van der Waals surface area contributed by atoms with Crippen LogP contribution in [0.25, 0.3) is 0 Å². The van der Waals surface area contributed by atoms with Gasteiger partial charge in [0.25, 0.3) is 0 Å². The second kappa shape index (κ2) is 9.35. The summed E-state index contributed by atoms with van der Waals surface area (Å²) in [7, 11) is 0. The summed E-state index contributed by atoms with van der Waals surface area (Å²) in [6.45, 7) is 4.16. The van der Waals surface area contributed by atoms with Crippen molar-refractivity contribution >= 4 is 0 Å². The van der Waals surface area contributed by atoms with Crippen molar-refractivity contribution in [3.63, 3.8) is 0 Å². The lowest BCUT2D eigenvalue weighted by Gasteiger charge is -2.12. The average Bonchev–Trinajstić information content (AvgIpc) is 2.41. The van der Waals surface area contributed by atoms with Crippen LogP contribution in [0.4, 0.5) is 4.39 Å². The van der Waals surface area contributed by atoms with Gasteiger partial charge in [0, 0.05) is 18.5 Å². The molecule has 0 saturated heterocycles. The normalized spacial score (nSPS) is 10.2. The first-order valence-corrected chi connectivity index (χ1v) is 6.76. The monoisotopic (exact) mass is 264 g/mol. The van der Waals surface area contributed by atoms with Crippen LogP contribution in [0.1, 0.15) is 38.2 Å². The molecule has 1 aromatic rings. The summed E-state index contributed by atoms with van der Waals surface area (Å²) in [4.78, 5) is 0. The molecule has 104 valence electrons. The van der Waals surface area contributed by atoms with Gasteiger partial charge < -0.3 is 10.1 Å². The summed E-state index contributed by atoms with van der Waals surface area (Å²) >= 11 is 0. The minimum Gasteiger partial charge on any atom is -0.493 e. The number of nitrogens with one attached hydrogen (secondary N) is 1. The van der Waals surface area contributed by atoms with E-state index in [1.807, 2.05) is 0 Å². The van der Waals surface area contributed by atoms with E-state index < -0.39 is 0 Å². The van der Waals surface area contributed by atoms with Crippen LogP contribution in [0.5, 0.6) is 5.75 Å². The van der Waals surface area contributed by atoms with Crippen molar-refractivity contribution in [1.82, 2.24) is 5.32 Å². The van der Waals surface area contributed by atoms with Gasteiger partial charge in [-0.3, -0.25) is 0 Å². The second-order valence-corrected chi connectivity index (χ2v) is 4.39. The van der Waals surface area contributed by atoms with Gasteiger partial charge in [0.15, 0.2) is 0 Å². The highest BCUT2D eigenvalue weighted by Gasteiger charge is 2.05. The van der Waals surface area contributed by atoms with Crippen LogP contribution in [0.2, 0.25) is 0 Å². The number of halogens is 1. The molecule has 0 spiro atoms. The van der Waals surface area contributed by atoms with Gasteiger partial charge in [-0.2, -0.15) is 5.26 Å². The lowest BCUT2D eigenvalue weighted by Crippen LogP contribution is -2.15. The van der Waals surface area contributed by atoms with Gasteiger partial charge in [-0.1, -0.05) is 6.92 Å². The lowest BCUT2D eigenvalue weighted by molar-refractivity contribution is 0.303. The van der Waals surface area contributed by atoms with E-state index in [0.29, 0.717) is 19.6 Å². The van der Waals surface area contributed by atoms with Crippen LogP contribution in [-0.2, 0) is 6.54 Å². The number of unbranched alkanes of at least 4 members (excludes halogenated alkanes) is 2. The van der Waals surface area contributed by atoms with Crippen molar-refractivity contribution in [2.24, 2.45) is 0 Å². The fourth-order valence-corrected chi connectivity index (χ4v) is 1.72. The molecule has 0 bridgehead atoms. The number of ether oxygens (including phenoxy) is 1. The standard InChI is InChI=1S/C15H21FN2O/c1-2-9-18-12-13-11-14(16)6-7-15(13)19-10-5-3-4-8-17/h6-7,11,18H,2-5,9-10,12H2,1H3.